The zero-order valence-corrected chi connectivity index (χ0v) is 16.0. The number of esters is 1. The van der Waals surface area contributed by atoms with Gasteiger partial charge in [-0.1, -0.05) is 29.8 Å². The summed E-state index contributed by atoms with van der Waals surface area (Å²) in [4.78, 5) is 16.6. The molecule has 0 radical (unpaired) electrons. The van der Waals surface area contributed by atoms with Gasteiger partial charge < -0.3 is 19.5 Å². The van der Waals surface area contributed by atoms with Crippen molar-refractivity contribution in [3.05, 3.63) is 58.7 Å². The number of hydrogen-bond acceptors (Lipinski definition) is 6. The Kier molecular flexibility index (Phi) is 5.66. The second kappa shape index (κ2) is 8.14. The first-order valence-electron chi connectivity index (χ1n) is 8.19. The van der Waals surface area contributed by atoms with Crippen LogP contribution in [0.1, 0.15) is 15.9 Å². The molecule has 0 aliphatic rings. The van der Waals surface area contributed by atoms with E-state index in [-0.39, 0.29) is 0 Å². The Morgan fingerprint density at radius 3 is 2.48 bits per heavy atom. The van der Waals surface area contributed by atoms with E-state index >= 15 is 0 Å². The third-order valence-corrected chi connectivity index (χ3v) is 4.48. The molecule has 0 unspecified atom stereocenters. The van der Waals surface area contributed by atoms with Crippen LogP contribution in [0.3, 0.4) is 0 Å². The standard InChI is InChI=1S/C20H19ClN2O4/c1-25-17-9-14(20(24)27-3)16(10-18(17)26-2)22-11-13-8-12-6-4-5-7-15(12)23-19(13)21/h4-10,22H,11H2,1-3H3. The van der Waals surface area contributed by atoms with Gasteiger partial charge >= 0.3 is 5.97 Å². The molecular formula is C20H19ClN2O4. The number of para-hydroxylation sites is 1. The summed E-state index contributed by atoms with van der Waals surface area (Å²) in [6.45, 7) is 0.371. The van der Waals surface area contributed by atoms with E-state index in [0.717, 1.165) is 16.5 Å². The predicted octanol–water partition coefficient (Wildman–Crippen LogP) is 4.30. The zero-order chi connectivity index (χ0) is 19.4. The van der Waals surface area contributed by atoms with Gasteiger partial charge in [0.2, 0.25) is 0 Å². The van der Waals surface area contributed by atoms with Crippen LogP contribution in [0.5, 0.6) is 11.5 Å². The van der Waals surface area contributed by atoms with Gasteiger partial charge in [-0.2, -0.15) is 0 Å². The summed E-state index contributed by atoms with van der Waals surface area (Å²) in [6, 6.07) is 13.0. The van der Waals surface area contributed by atoms with Crippen LogP contribution in [0, 0.1) is 0 Å². The molecule has 0 aliphatic carbocycles. The third-order valence-electron chi connectivity index (χ3n) is 4.15. The molecule has 140 valence electrons. The third kappa shape index (κ3) is 3.90. The zero-order valence-electron chi connectivity index (χ0n) is 15.2. The van der Waals surface area contributed by atoms with E-state index in [1.54, 1.807) is 12.1 Å². The first-order chi connectivity index (χ1) is 13.1. The highest BCUT2D eigenvalue weighted by atomic mass is 35.5. The van der Waals surface area contributed by atoms with Crippen molar-refractivity contribution in [1.82, 2.24) is 4.98 Å². The second-order valence-electron chi connectivity index (χ2n) is 5.73. The Balaban J connectivity index is 1.95. The molecular weight excluding hydrogens is 368 g/mol. The number of ether oxygens (including phenoxy) is 3. The molecule has 7 heteroatoms. The van der Waals surface area contributed by atoms with Gasteiger partial charge in [-0.15, -0.1) is 0 Å². The number of halogens is 1. The Labute approximate surface area is 162 Å². The largest absolute Gasteiger partial charge is 0.493 e. The van der Waals surface area contributed by atoms with Gasteiger partial charge in [0, 0.05) is 29.6 Å². The topological polar surface area (TPSA) is 69.7 Å². The van der Waals surface area contributed by atoms with E-state index in [1.807, 2.05) is 30.3 Å². The molecule has 1 heterocycles. The molecule has 6 nitrogen and oxygen atoms in total. The molecule has 0 amide bonds. The highest BCUT2D eigenvalue weighted by Gasteiger charge is 2.18. The van der Waals surface area contributed by atoms with Crippen LogP contribution in [0.15, 0.2) is 42.5 Å². The summed E-state index contributed by atoms with van der Waals surface area (Å²) in [7, 11) is 4.36. The number of benzene rings is 2. The van der Waals surface area contributed by atoms with Crippen molar-refractivity contribution < 1.29 is 19.0 Å². The first kappa shape index (κ1) is 18.8. The molecule has 3 aromatic rings. The van der Waals surface area contributed by atoms with Crippen LogP contribution in [0.25, 0.3) is 10.9 Å². The van der Waals surface area contributed by atoms with Crippen LogP contribution < -0.4 is 14.8 Å². The van der Waals surface area contributed by atoms with Crippen molar-refractivity contribution >= 4 is 34.2 Å². The number of carbonyl (C=O) groups excluding carboxylic acids is 1. The van der Waals surface area contributed by atoms with Gasteiger partial charge in [0.15, 0.2) is 11.5 Å². The van der Waals surface area contributed by atoms with Crippen molar-refractivity contribution in [1.29, 1.82) is 0 Å². The fraction of sp³-hybridized carbons (Fsp3) is 0.200. The van der Waals surface area contributed by atoms with E-state index in [9.17, 15) is 4.79 Å². The summed E-state index contributed by atoms with van der Waals surface area (Å²) >= 11 is 6.32. The van der Waals surface area contributed by atoms with Gasteiger partial charge in [-0.25, -0.2) is 9.78 Å². The lowest BCUT2D eigenvalue weighted by Gasteiger charge is -2.16. The first-order valence-corrected chi connectivity index (χ1v) is 8.57. The molecule has 3 rings (SSSR count). The van der Waals surface area contributed by atoms with Crippen molar-refractivity contribution in [3.8, 4) is 11.5 Å². The Morgan fingerprint density at radius 2 is 1.78 bits per heavy atom. The predicted molar refractivity (Wildman–Crippen MR) is 105 cm³/mol. The number of aromatic nitrogens is 1. The number of nitrogens with zero attached hydrogens (tertiary/aromatic N) is 1. The number of carbonyl (C=O) groups is 1. The van der Waals surface area contributed by atoms with E-state index in [4.69, 9.17) is 25.8 Å². The van der Waals surface area contributed by atoms with Crippen LogP contribution in [-0.4, -0.2) is 32.3 Å². The normalized spacial score (nSPS) is 10.5. The summed E-state index contributed by atoms with van der Waals surface area (Å²) in [5, 5.41) is 4.60. The lowest BCUT2D eigenvalue weighted by atomic mass is 10.1. The van der Waals surface area contributed by atoms with Crippen LogP contribution >= 0.6 is 11.6 Å². The molecule has 0 fully saturated rings. The Morgan fingerprint density at radius 1 is 1.07 bits per heavy atom. The lowest BCUT2D eigenvalue weighted by molar-refractivity contribution is 0.0601. The van der Waals surface area contributed by atoms with Crippen molar-refractivity contribution in [2.75, 3.05) is 26.6 Å². The minimum absolute atomic E-state index is 0.333. The summed E-state index contributed by atoms with van der Waals surface area (Å²) < 4.78 is 15.5. The summed E-state index contributed by atoms with van der Waals surface area (Å²) in [5.74, 6) is 0.449. The van der Waals surface area contributed by atoms with E-state index in [1.165, 1.54) is 21.3 Å². The quantitative estimate of drug-likeness (QED) is 0.503. The summed E-state index contributed by atoms with van der Waals surface area (Å²) in [6.07, 6.45) is 0. The molecule has 0 saturated heterocycles. The fourth-order valence-corrected chi connectivity index (χ4v) is 2.97. The fourth-order valence-electron chi connectivity index (χ4n) is 2.75. The number of anilines is 1. The molecule has 27 heavy (non-hydrogen) atoms. The minimum atomic E-state index is -0.485. The Hall–Kier alpha value is -2.99. The van der Waals surface area contributed by atoms with Gasteiger partial charge in [-0.05, 0) is 12.1 Å². The number of methoxy groups -OCH3 is 3. The second-order valence-corrected chi connectivity index (χ2v) is 6.09. The molecule has 0 bridgehead atoms. The molecule has 0 aliphatic heterocycles. The highest BCUT2D eigenvalue weighted by Crippen LogP contribution is 2.34. The van der Waals surface area contributed by atoms with Gasteiger partial charge in [-0.3, -0.25) is 0 Å². The highest BCUT2D eigenvalue weighted by molar-refractivity contribution is 6.30. The number of nitrogens with one attached hydrogen (secondary N) is 1. The van der Waals surface area contributed by atoms with Gasteiger partial charge in [0.1, 0.15) is 5.15 Å². The van der Waals surface area contributed by atoms with Crippen LogP contribution in [0.2, 0.25) is 5.15 Å². The maximum atomic E-state index is 12.2. The molecule has 0 atom stereocenters. The Bertz CT molecular complexity index is 991. The number of fused-ring (bicyclic) bond motifs is 1. The maximum Gasteiger partial charge on any atom is 0.340 e. The van der Waals surface area contributed by atoms with Gasteiger partial charge in [0.05, 0.1) is 38.1 Å². The average molecular weight is 387 g/mol. The van der Waals surface area contributed by atoms with E-state index < -0.39 is 5.97 Å². The summed E-state index contributed by atoms with van der Waals surface area (Å²) in [5.41, 5.74) is 2.51. The van der Waals surface area contributed by atoms with Crippen LogP contribution in [0.4, 0.5) is 5.69 Å². The van der Waals surface area contributed by atoms with E-state index in [0.29, 0.717) is 34.4 Å². The number of pyridine rings is 1. The minimum Gasteiger partial charge on any atom is -0.493 e. The molecule has 1 N–H and O–H groups in total. The monoisotopic (exact) mass is 386 g/mol. The van der Waals surface area contributed by atoms with Crippen molar-refractivity contribution in [3.63, 3.8) is 0 Å². The number of rotatable bonds is 6. The smallest absolute Gasteiger partial charge is 0.340 e. The average Bonchev–Trinajstić information content (AvgIpc) is 2.70. The molecule has 0 saturated carbocycles. The van der Waals surface area contributed by atoms with E-state index in [2.05, 4.69) is 10.3 Å². The van der Waals surface area contributed by atoms with Crippen molar-refractivity contribution in [2.45, 2.75) is 6.54 Å². The van der Waals surface area contributed by atoms with Crippen LogP contribution in [-0.2, 0) is 11.3 Å². The number of hydrogen-bond donors (Lipinski definition) is 1. The van der Waals surface area contributed by atoms with Gasteiger partial charge in [0.25, 0.3) is 0 Å². The molecule has 2 aromatic carbocycles. The lowest BCUT2D eigenvalue weighted by Crippen LogP contribution is -2.10. The molecule has 0 spiro atoms. The molecule has 1 aromatic heterocycles. The van der Waals surface area contributed by atoms with Crippen molar-refractivity contribution in [2.24, 2.45) is 0 Å². The SMILES string of the molecule is COC(=O)c1cc(OC)c(OC)cc1NCc1cc2ccccc2nc1Cl. The maximum absolute atomic E-state index is 12.2.